The van der Waals surface area contributed by atoms with Crippen LogP contribution in [-0.4, -0.2) is 13.1 Å². The minimum Gasteiger partial charge on any atom is -0.370 e. The van der Waals surface area contributed by atoms with Gasteiger partial charge in [-0.1, -0.05) is 61.4 Å². The quantitative estimate of drug-likeness (QED) is 0.820. The highest BCUT2D eigenvalue weighted by atomic mass is 15.1. The van der Waals surface area contributed by atoms with Gasteiger partial charge < -0.3 is 10.6 Å². The molecule has 0 aliphatic carbocycles. The molecule has 0 aliphatic heterocycles. The number of para-hydroxylation sites is 1. The van der Waals surface area contributed by atoms with Crippen molar-refractivity contribution in [1.82, 2.24) is 0 Å². The minimum atomic E-state index is 0.0441. The van der Waals surface area contributed by atoms with Gasteiger partial charge >= 0.3 is 0 Å². The average Bonchev–Trinajstić information content (AvgIpc) is 2.52. The molecule has 0 saturated heterocycles. The standard InChI is InChI=1S/C19H26N2/c1-3-4-14-21(18-8-6-5-7-9-18)15-19(20)17-12-10-16(2)11-13-17/h5-13,19H,3-4,14-15,20H2,1-2H3. The SMILES string of the molecule is CCCCN(CC(N)c1ccc(C)cc1)c1ccccc1. The second-order valence-electron chi connectivity index (χ2n) is 5.65. The Kier molecular flexibility index (Phi) is 5.82. The van der Waals surface area contributed by atoms with Gasteiger partial charge in [0.15, 0.2) is 0 Å². The van der Waals surface area contributed by atoms with Gasteiger partial charge in [0.25, 0.3) is 0 Å². The van der Waals surface area contributed by atoms with E-state index in [1.165, 1.54) is 29.7 Å². The van der Waals surface area contributed by atoms with E-state index < -0.39 is 0 Å². The molecule has 2 aromatic carbocycles. The van der Waals surface area contributed by atoms with E-state index in [0.717, 1.165) is 13.1 Å². The maximum Gasteiger partial charge on any atom is 0.0473 e. The summed E-state index contributed by atoms with van der Waals surface area (Å²) < 4.78 is 0. The maximum atomic E-state index is 6.41. The number of hydrogen-bond acceptors (Lipinski definition) is 2. The van der Waals surface area contributed by atoms with Crippen LogP contribution >= 0.6 is 0 Å². The van der Waals surface area contributed by atoms with Crippen LogP contribution < -0.4 is 10.6 Å². The molecule has 0 fully saturated rings. The van der Waals surface area contributed by atoms with E-state index in [4.69, 9.17) is 5.73 Å². The maximum absolute atomic E-state index is 6.41. The zero-order valence-corrected chi connectivity index (χ0v) is 13.1. The summed E-state index contributed by atoms with van der Waals surface area (Å²) in [6.07, 6.45) is 2.39. The fourth-order valence-corrected chi connectivity index (χ4v) is 2.47. The fraction of sp³-hybridized carbons (Fsp3) is 0.368. The van der Waals surface area contributed by atoms with Crippen LogP contribution in [0.2, 0.25) is 0 Å². The lowest BCUT2D eigenvalue weighted by molar-refractivity contribution is 0.641. The van der Waals surface area contributed by atoms with Crippen molar-refractivity contribution in [1.29, 1.82) is 0 Å². The molecule has 1 atom stereocenters. The molecule has 2 nitrogen and oxygen atoms in total. The van der Waals surface area contributed by atoms with Gasteiger partial charge in [-0.15, -0.1) is 0 Å². The van der Waals surface area contributed by atoms with Crippen molar-refractivity contribution >= 4 is 5.69 Å². The third-order valence-electron chi connectivity index (χ3n) is 3.83. The molecule has 21 heavy (non-hydrogen) atoms. The van der Waals surface area contributed by atoms with E-state index in [-0.39, 0.29) is 6.04 Å². The second kappa shape index (κ2) is 7.84. The molecular weight excluding hydrogens is 256 g/mol. The Balaban J connectivity index is 2.09. The van der Waals surface area contributed by atoms with Crippen molar-refractivity contribution in [3.8, 4) is 0 Å². The molecule has 0 spiro atoms. The molecular formula is C19H26N2. The molecule has 2 N–H and O–H groups in total. The van der Waals surface area contributed by atoms with Crippen LogP contribution in [0.25, 0.3) is 0 Å². The Morgan fingerprint density at radius 3 is 2.29 bits per heavy atom. The summed E-state index contributed by atoms with van der Waals surface area (Å²) in [6.45, 7) is 6.24. The third kappa shape index (κ3) is 4.61. The van der Waals surface area contributed by atoms with Gasteiger partial charge in [0.2, 0.25) is 0 Å². The predicted molar refractivity (Wildman–Crippen MR) is 91.7 cm³/mol. The van der Waals surface area contributed by atoms with Crippen LogP contribution in [0.15, 0.2) is 54.6 Å². The molecule has 2 rings (SSSR count). The Morgan fingerprint density at radius 2 is 1.67 bits per heavy atom. The number of anilines is 1. The van der Waals surface area contributed by atoms with Gasteiger partial charge in [-0.05, 0) is 31.0 Å². The highest BCUT2D eigenvalue weighted by molar-refractivity contribution is 5.46. The van der Waals surface area contributed by atoms with E-state index in [1.807, 2.05) is 0 Å². The number of benzene rings is 2. The van der Waals surface area contributed by atoms with Crippen LogP contribution in [-0.2, 0) is 0 Å². The number of hydrogen-bond donors (Lipinski definition) is 1. The topological polar surface area (TPSA) is 29.3 Å². The van der Waals surface area contributed by atoms with E-state index in [2.05, 4.69) is 73.3 Å². The Labute approximate surface area is 128 Å². The Bertz CT molecular complexity index is 519. The van der Waals surface area contributed by atoms with E-state index in [9.17, 15) is 0 Å². The Morgan fingerprint density at radius 1 is 1.00 bits per heavy atom. The summed E-state index contributed by atoms with van der Waals surface area (Å²) >= 11 is 0. The van der Waals surface area contributed by atoms with Crippen LogP contribution in [0.5, 0.6) is 0 Å². The lowest BCUT2D eigenvalue weighted by Gasteiger charge is -2.28. The van der Waals surface area contributed by atoms with Gasteiger partial charge in [0, 0.05) is 24.8 Å². The van der Waals surface area contributed by atoms with Gasteiger partial charge in [0.1, 0.15) is 0 Å². The molecule has 0 heterocycles. The smallest absolute Gasteiger partial charge is 0.0473 e. The first-order chi connectivity index (χ1) is 10.2. The lowest BCUT2D eigenvalue weighted by atomic mass is 10.0. The van der Waals surface area contributed by atoms with Gasteiger partial charge in [0.05, 0.1) is 0 Å². The van der Waals surface area contributed by atoms with Crippen molar-refractivity contribution in [3.05, 3.63) is 65.7 Å². The molecule has 0 amide bonds. The summed E-state index contributed by atoms with van der Waals surface area (Å²) in [5.74, 6) is 0. The number of unbranched alkanes of at least 4 members (excludes halogenated alkanes) is 1. The summed E-state index contributed by atoms with van der Waals surface area (Å²) in [5.41, 5.74) is 10.2. The number of nitrogens with two attached hydrogens (primary N) is 1. The van der Waals surface area contributed by atoms with Crippen LogP contribution in [0.4, 0.5) is 5.69 Å². The molecule has 0 aliphatic rings. The lowest BCUT2D eigenvalue weighted by Crippen LogP contribution is -2.33. The average molecular weight is 282 g/mol. The van der Waals surface area contributed by atoms with E-state index >= 15 is 0 Å². The predicted octanol–water partition coefficient (Wildman–Crippen LogP) is 4.30. The second-order valence-corrected chi connectivity index (χ2v) is 5.65. The molecule has 0 aromatic heterocycles. The normalized spacial score (nSPS) is 12.1. The first-order valence-corrected chi connectivity index (χ1v) is 7.83. The zero-order valence-electron chi connectivity index (χ0n) is 13.1. The first-order valence-electron chi connectivity index (χ1n) is 7.83. The first kappa shape index (κ1) is 15.6. The fourth-order valence-electron chi connectivity index (χ4n) is 2.47. The highest BCUT2D eigenvalue weighted by Gasteiger charge is 2.12. The van der Waals surface area contributed by atoms with Crippen molar-refractivity contribution in [2.45, 2.75) is 32.7 Å². The minimum absolute atomic E-state index is 0.0441. The monoisotopic (exact) mass is 282 g/mol. The molecule has 2 aromatic rings. The summed E-state index contributed by atoms with van der Waals surface area (Å²) in [5, 5.41) is 0. The van der Waals surface area contributed by atoms with Crippen molar-refractivity contribution in [3.63, 3.8) is 0 Å². The molecule has 112 valence electrons. The molecule has 0 bridgehead atoms. The van der Waals surface area contributed by atoms with E-state index in [1.54, 1.807) is 0 Å². The summed E-state index contributed by atoms with van der Waals surface area (Å²) in [7, 11) is 0. The summed E-state index contributed by atoms with van der Waals surface area (Å²) in [6, 6.07) is 19.2. The van der Waals surface area contributed by atoms with Gasteiger partial charge in [-0.2, -0.15) is 0 Å². The number of nitrogens with zero attached hydrogens (tertiary/aromatic N) is 1. The highest BCUT2D eigenvalue weighted by Crippen LogP contribution is 2.19. The van der Waals surface area contributed by atoms with Crippen molar-refractivity contribution in [2.75, 3.05) is 18.0 Å². The van der Waals surface area contributed by atoms with Gasteiger partial charge in [-0.3, -0.25) is 0 Å². The third-order valence-corrected chi connectivity index (χ3v) is 3.83. The molecule has 0 radical (unpaired) electrons. The van der Waals surface area contributed by atoms with Crippen molar-refractivity contribution in [2.24, 2.45) is 5.73 Å². The van der Waals surface area contributed by atoms with E-state index in [0.29, 0.717) is 0 Å². The van der Waals surface area contributed by atoms with Crippen LogP contribution in [0.1, 0.15) is 36.9 Å². The van der Waals surface area contributed by atoms with Crippen LogP contribution in [0, 0.1) is 6.92 Å². The van der Waals surface area contributed by atoms with Gasteiger partial charge in [-0.25, -0.2) is 0 Å². The number of aryl methyl sites for hydroxylation is 1. The largest absolute Gasteiger partial charge is 0.370 e. The zero-order chi connectivity index (χ0) is 15.1. The summed E-state index contributed by atoms with van der Waals surface area (Å²) in [4.78, 5) is 2.40. The molecule has 2 heteroatoms. The number of rotatable bonds is 7. The van der Waals surface area contributed by atoms with Crippen molar-refractivity contribution < 1.29 is 0 Å². The molecule has 0 saturated carbocycles. The van der Waals surface area contributed by atoms with Crippen LogP contribution in [0.3, 0.4) is 0 Å². The molecule has 1 unspecified atom stereocenters. The Hall–Kier alpha value is -1.80.